The van der Waals surface area contributed by atoms with E-state index in [9.17, 15) is 0 Å². The number of aromatic nitrogens is 5. The lowest BCUT2D eigenvalue weighted by atomic mass is 10.2. The summed E-state index contributed by atoms with van der Waals surface area (Å²) in [5, 5.41) is 11.8. The largest absolute Gasteiger partial charge is 0.337 e. The van der Waals surface area contributed by atoms with E-state index in [1.165, 1.54) is 0 Å². The molecule has 0 saturated carbocycles. The van der Waals surface area contributed by atoms with Crippen LogP contribution in [0.3, 0.4) is 0 Å². The molecule has 2 rings (SSSR count). The first-order chi connectivity index (χ1) is 8.69. The Balaban J connectivity index is 1.97. The molecule has 1 atom stereocenters. The maximum atomic E-state index is 5.71. The van der Waals surface area contributed by atoms with Crippen LogP contribution in [0.4, 0.5) is 0 Å². The third-order valence-corrected chi connectivity index (χ3v) is 2.58. The summed E-state index contributed by atoms with van der Waals surface area (Å²) in [6.45, 7) is 4.43. The standard InChI is InChI=1S/C11H18N6O/c1-3-4-5-10-13-11(18-15-10)7-17-6-9(8(2)12)14-16-17/h6,8H,3-5,7,12H2,1-2H3. The first-order valence-corrected chi connectivity index (χ1v) is 6.16. The Hall–Kier alpha value is -1.76. The molecule has 7 nitrogen and oxygen atoms in total. The van der Waals surface area contributed by atoms with Gasteiger partial charge in [-0.25, -0.2) is 4.68 Å². The van der Waals surface area contributed by atoms with E-state index < -0.39 is 0 Å². The summed E-state index contributed by atoms with van der Waals surface area (Å²) in [4.78, 5) is 4.30. The molecule has 0 spiro atoms. The smallest absolute Gasteiger partial charge is 0.248 e. The van der Waals surface area contributed by atoms with Gasteiger partial charge >= 0.3 is 0 Å². The van der Waals surface area contributed by atoms with Gasteiger partial charge in [-0.05, 0) is 13.3 Å². The van der Waals surface area contributed by atoms with Crippen LogP contribution in [0.25, 0.3) is 0 Å². The maximum Gasteiger partial charge on any atom is 0.248 e. The Labute approximate surface area is 105 Å². The van der Waals surface area contributed by atoms with Crippen molar-refractivity contribution in [3.05, 3.63) is 23.6 Å². The van der Waals surface area contributed by atoms with Crippen LogP contribution in [0.15, 0.2) is 10.7 Å². The van der Waals surface area contributed by atoms with Gasteiger partial charge in [-0.15, -0.1) is 5.10 Å². The number of unbranched alkanes of at least 4 members (excludes halogenated alkanes) is 1. The van der Waals surface area contributed by atoms with Crippen molar-refractivity contribution in [2.45, 2.75) is 45.7 Å². The van der Waals surface area contributed by atoms with Gasteiger partial charge in [-0.1, -0.05) is 23.7 Å². The summed E-state index contributed by atoms with van der Waals surface area (Å²) in [7, 11) is 0. The monoisotopic (exact) mass is 250 g/mol. The second-order valence-corrected chi connectivity index (χ2v) is 4.34. The minimum Gasteiger partial charge on any atom is -0.337 e. The number of hydrogen-bond donors (Lipinski definition) is 1. The minimum atomic E-state index is -0.124. The van der Waals surface area contributed by atoms with Crippen molar-refractivity contribution in [3.8, 4) is 0 Å². The fourth-order valence-electron chi connectivity index (χ4n) is 1.53. The summed E-state index contributed by atoms with van der Waals surface area (Å²) in [5.74, 6) is 1.29. The highest BCUT2D eigenvalue weighted by atomic mass is 16.5. The van der Waals surface area contributed by atoms with Crippen LogP contribution in [-0.2, 0) is 13.0 Å². The maximum absolute atomic E-state index is 5.71. The van der Waals surface area contributed by atoms with Crippen LogP contribution in [0.5, 0.6) is 0 Å². The SMILES string of the molecule is CCCCc1noc(Cn2cc(C(C)N)nn2)n1. The molecule has 0 aliphatic rings. The Kier molecular flexibility index (Phi) is 4.03. The highest BCUT2D eigenvalue weighted by Crippen LogP contribution is 2.06. The lowest BCUT2D eigenvalue weighted by Crippen LogP contribution is -2.05. The number of aryl methyl sites for hydroxylation is 1. The summed E-state index contributed by atoms with van der Waals surface area (Å²) in [6.07, 6.45) is 4.82. The molecule has 0 saturated heterocycles. The first-order valence-electron chi connectivity index (χ1n) is 6.16. The Bertz CT molecular complexity index is 489. The number of rotatable bonds is 6. The van der Waals surface area contributed by atoms with Crippen LogP contribution in [0.2, 0.25) is 0 Å². The molecule has 0 aliphatic carbocycles. The van der Waals surface area contributed by atoms with Crippen LogP contribution < -0.4 is 5.73 Å². The van der Waals surface area contributed by atoms with E-state index in [1.807, 2.05) is 6.92 Å². The van der Waals surface area contributed by atoms with Crippen molar-refractivity contribution in [2.24, 2.45) is 5.73 Å². The molecule has 2 heterocycles. The fourth-order valence-corrected chi connectivity index (χ4v) is 1.53. The molecule has 0 radical (unpaired) electrons. The number of nitrogens with zero attached hydrogens (tertiary/aromatic N) is 5. The van der Waals surface area contributed by atoms with Crippen LogP contribution in [0.1, 0.15) is 50.1 Å². The zero-order valence-corrected chi connectivity index (χ0v) is 10.7. The number of hydrogen-bond acceptors (Lipinski definition) is 6. The predicted molar refractivity (Wildman–Crippen MR) is 64.6 cm³/mol. The van der Waals surface area contributed by atoms with E-state index in [0.717, 1.165) is 30.8 Å². The van der Waals surface area contributed by atoms with Gasteiger partial charge in [0, 0.05) is 12.5 Å². The molecule has 0 amide bonds. The summed E-state index contributed by atoms with van der Waals surface area (Å²) in [6, 6.07) is -0.124. The Morgan fingerprint density at radius 1 is 1.50 bits per heavy atom. The van der Waals surface area contributed by atoms with E-state index in [1.54, 1.807) is 10.9 Å². The molecule has 0 bridgehead atoms. The van der Waals surface area contributed by atoms with Gasteiger partial charge < -0.3 is 10.3 Å². The topological polar surface area (TPSA) is 95.7 Å². The van der Waals surface area contributed by atoms with Crippen molar-refractivity contribution in [2.75, 3.05) is 0 Å². The highest BCUT2D eigenvalue weighted by molar-refractivity contribution is 4.98. The van der Waals surface area contributed by atoms with Crippen LogP contribution in [-0.4, -0.2) is 25.1 Å². The van der Waals surface area contributed by atoms with Crippen molar-refractivity contribution < 1.29 is 4.52 Å². The molecule has 2 aromatic heterocycles. The molecule has 18 heavy (non-hydrogen) atoms. The molecule has 0 aromatic carbocycles. The Morgan fingerprint density at radius 3 is 3.00 bits per heavy atom. The van der Waals surface area contributed by atoms with Crippen molar-refractivity contribution in [3.63, 3.8) is 0 Å². The molecule has 0 fully saturated rings. The van der Waals surface area contributed by atoms with Crippen molar-refractivity contribution in [1.29, 1.82) is 0 Å². The minimum absolute atomic E-state index is 0.124. The normalized spacial score (nSPS) is 12.8. The zero-order valence-electron chi connectivity index (χ0n) is 10.7. The van der Waals surface area contributed by atoms with Gasteiger partial charge in [-0.2, -0.15) is 4.98 Å². The average Bonchev–Trinajstić information content (AvgIpc) is 2.96. The highest BCUT2D eigenvalue weighted by Gasteiger charge is 2.09. The molecule has 0 aliphatic heterocycles. The molecule has 2 aromatic rings. The van der Waals surface area contributed by atoms with Gasteiger partial charge in [-0.3, -0.25) is 0 Å². The van der Waals surface area contributed by atoms with E-state index in [2.05, 4.69) is 27.4 Å². The van der Waals surface area contributed by atoms with Gasteiger partial charge in [0.25, 0.3) is 0 Å². The first kappa shape index (κ1) is 12.7. The van der Waals surface area contributed by atoms with E-state index in [-0.39, 0.29) is 6.04 Å². The quantitative estimate of drug-likeness (QED) is 0.823. The second kappa shape index (κ2) is 5.72. The van der Waals surface area contributed by atoms with E-state index >= 15 is 0 Å². The average molecular weight is 250 g/mol. The lowest BCUT2D eigenvalue weighted by Gasteiger charge is -1.95. The van der Waals surface area contributed by atoms with Gasteiger partial charge in [0.2, 0.25) is 5.89 Å². The Morgan fingerprint density at radius 2 is 2.33 bits per heavy atom. The molecular formula is C11H18N6O. The third kappa shape index (κ3) is 3.13. The summed E-state index contributed by atoms with van der Waals surface area (Å²) < 4.78 is 6.80. The molecular weight excluding hydrogens is 232 g/mol. The predicted octanol–water partition coefficient (Wildman–Crippen LogP) is 1.07. The molecule has 1 unspecified atom stereocenters. The van der Waals surface area contributed by atoms with Crippen LogP contribution >= 0.6 is 0 Å². The van der Waals surface area contributed by atoms with Crippen LogP contribution in [0, 0.1) is 0 Å². The molecule has 2 N–H and O–H groups in total. The van der Waals surface area contributed by atoms with E-state index in [4.69, 9.17) is 10.3 Å². The zero-order chi connectivity index (χ0) is 13.0. The lowest BCUT2D eigenvalue weighted by molar-refractivity contribution is 0.359. The number of nitrogens with two attached hydrogens (primary N) is 1. The molecule has 7 heteroatoms. The van der Waals surface area contributed by atoms with Gasteiger partial charge in [0.05, 0.1) is 11.9 Å². The molecule has 98 valence electrons. The fraction of sp³-hybridized carbons (Fsp3) is 0.636. The van der Waals surface area contributed by atoms with Gasteiger partial charge in [0.1, 0.15) is 6.54 Å². The van der Waals surface area contributed by atoms with Gasteiger partial charge in [0.15, 0.2) is 5.82 Å². The van der Waals surface area contributed by atoms with Crippen molar-refractivity contribution >= 4 is 0 Å². The third-order valence-electron chi connectivity index (χ3n) is 2.58. The summed E-state index contributed by atoms with van der Waals surface area (Å²) >= 11 is 0. The van der Waals surface area contributed by atoms with Crippen molar-refractivity contribution in [1.82, 2.24) is 25.1 Å². The van der Waals surface area contributed by atoms with E-state index in [0.29, 0.717) is 12.4 Å². The summed E-state index contributed by atoms with van der Waals surface area (Å²) in [5.41, 5.74) is 6.46. The second-order valence-electron chi connectivity index (χ2n) is 4.34.